The molecule has 0 aliphatic carbocycles. The van der Waals surface area contributed by atoms with Gasteiger partial charge in [-0.3, -0.25) is 0 Å². The minimum atomic E-state index is -0.325. The average molecular weight is 368 g/mol. The van der Waals surface area contributed by atoms with Crippen LogP contribution in [-0.2, 0) is 4.74 Å². The summed E-state index contributed by atoms with van der Waals surface area (Å²) in [7, 11) is 3.07. The maximum atomic E-state index is 11.3. The molecule has 1 aromatic rings. The third-order valence-electron chi connectivity index (χ3n) is 1.30. The van der Waals surface area contributed by atoms with Gasteiger partial charge in [0, 0.05) is 8.04 Å². The predicted molar refractivity (Wildman–Crippen MR) is 62.9 cm³/mol. The van der Waals surface area contributed by atoms with E-state index < -0.39 is 0 Å². The van der Waals surface area contributed by atoms with E-state index in [0.717, 1.165) is 8.04 Å². The van der Waals surface area contributed by atoms with E-state index in [1.807, 2.05) is 6.07 Å². The maximum absolute atomic E-state index is 11.3. The van der Waals surface area contributed by atoms with E-state index >= 15 is 0 Å². The van der Waals surface area contributed by atoms with Crippen LogP contribution in [0, 0.1) is 3.57 Å². The van der Waals surface area contributed by atoms with Crippen molar-refractivity contribution in [1.29, 1.82) is 0 Å². The standard InChI is InChI=1S/C8H5BrIO2Si/c9-6-1-5(2-7(10)3-6)8(11)12-4-13/h1-3H,4H2. The molecule has 0 amide bonds. The Morgan fingerprint density at radius 3 is 2.77 bits per heavy atom. The maximum Gasteiger partial charge on any atom is 0.337 e. The molecule has 0 aliphatic rings. The number of halogens is 2. The highest BCUT2D eigenvalue weighted by Crippen LogP contribution is 2.17. The van der Waals surface area contributed by atoms with Gasteiger partial charge in [0.1, 0.15) is 0 Å². The summed E-state index contributed by atoms with van der Waals surface area (Å²) in [4.78, 5) is 11.3. The van der Waals surface area contributed by atoms with Gasteiger partial charge in [0.05, 0.1) is 22.0 Å². The highest BCUT2D eigenvalue weighted by Gasteiger charge is 2.07. The van der Waals surface area contributed by atoms with Crippen LogP contribution in [0.4, 0.5) is 0 Å². The minimum Gasteiger partial charge on any atom is -0.467 e. The Bertz CT molecular complexity index is 310. The van der Waals surface area contributed by atoms with Crippen molar-refractivity contribution in [3.05, 3.63) is 31.8 Å². The van der Waals surface area contributed by atoms with Gasteiger partial charge in [-0.15, -0.1) is 0 Å². The van der Waals surface area contributed by atoms with Crippen LogP contribution >= 0.6 is 38.5 Å². The van der Waals surface area contributed by atoms with Gasteiger partial charge in [-0.05, 0) is 40.8 Å². The van der Waals surface area contributed by atoms with Crippen molar-refractivity contribution < 1.29 is 9.53 Å². The van der Waals surface area contributed by atoms with Gasteiger partial charge in [0.2, 0.25) is 0 Å². The van der Waals surface area contributed by atoms with Crippen molar-refractivity contribution >= 4 is 54.7 Å². The van der Waals surface area contributed by atoms with E-state index in [2.05, 4.69) is 48.8 Å². The Hall–Kier alpha value is 0.117. The quantitative estimate of drug-likeness (QED) is 0.455. The molecule has 0 atom stereocenters. The molecule has 0 fully saturated rings. The molecule has 0 N–H and O–H groups in total. The van der Waals surface area contributed by atoms with Gasteiger partial charge in [-0.2, -0.15) is 0 Å². The summed E-state index contributed by atoms with van der Waals surface area (Å²) < 4.78 is 6.66. The number of hydrogen-bond acceptors (Lipinski definition) is 2. The molecule has 0 spiro atoms. The highest BCUT2D eigenvalue weighted by molar-refractivity contribution is 14.1. The van der Waals surface area contributed by atoms with E-state index in [1.165, 1.54) is 0 Å². The van der Waals surface area contributed by atoms with Crippen LogP contribution < -0.4 is 0 Å². The van der Waals surface area contributed by atoms with Crippen LogP contribution in [0.1, 0.15) is 10.4 Å². The summed E-state index contributed by atoms with van der Waals surface area (Å²) in [6, 6.07) is 5.42. The van der Waals surface area contributed by atoms with Crippen LogP contribution in [0.25, 0.3) is 0 Å². The van der Waals surface area contributed by atoms with Crippen LogP contribution in [0.5, 0.6) is 0 Å². The Labute approximate surface area is 102 Å². The molecule has 3 radical (unpaired) electrons. The van der Waals surface area contributed by atoms with Gasteiger partial charge in [-0.25, -0.2) is 4.79 Å². The largest absolute Gasteiger partial charge is 0.467 e. The fourth-order valence-electron chi connectivity index (χ4n) is 0.821. The fourth-order valence-corrected chi connectivity index (χ4v) is 2.54. The molecule has 5 heteroatoms. The van der Waals surface area contributed by atoms with Gasteiger partial charge >= 0.3 is 5.97 Å². The Morgan fingerprint density at radius 1 is 1.54 bits per heavy atom. The van der Waals surface area contributed by atoms with Crippen molar-refractivity contribution in [2.24, 2.45) is 0 Å². The number of carbonyl (C=O) groups is 1. The van der Waals surface area contributed by atoms with Crippen molar-refractivity contribution in [2.75, 3.05) is 6.23 Å². The van der Waals surface area contributed by atoms with Crippen molar-refractivity contribution in [2.45, 2.75) is 0 Å². The van der Waals surface area contributed by atoms with E-state index in [-0.39, 0.29) is 12.2 Å². The van der Waals surface area contributed by atoms with Gasteiger partial charge < -0.3 is 4.74 Å². The number of carbonyl (C=O) groups excluding carboxylic acids is 1. The molecule has 13 heavy (non-hydrogen) atoms. The Morgan fingerprint density at radius 2 is 2.23 bits per heavy atom. The molecule has 0 aliphatic heterocycles. The lowest BCUT2D eigenvalue weighted by atomic mass is 10.2. The molecule has 1 aromatic carbocycles. The SMILES string of the molecule is O=C(OC[Si])c1cc(Br)cc(I)c1. The number of hydrogen-bond donors (Lipinski definition) is 0. The summed E-state index contributed by atoms with van der Waals surface area (Å²) in [6.45, 7) is 0. The van der Waals surface area contributed by atoms with Gasteiger partial charge in [-0.1, -0.05) is 15.9 Å². The first-order valence-electron chi connectivity index (χ1n) is 3.41. The zero-order valence-corrected chi connectivity index (χ0v) is 11.3. The third kappa shape index (κ3) is 3.39. The van der Waals surface area contributed by atoms with E-state index in [9.17, 15) is 4.79 Å². The first-order chi connectivity index (χ1) is 6.13. The summed E-state index contributed by atoms with van der Waals surface area (Å²) in [5, 5.41) is 0. The molecular weight excluding hydrogens is 363 g/mol. The molecule has 67 valence electrons. The summed E-state index contributed by atoms with van der Waals surface area (Å²) in [5.41, 5.74) is 0.553. The number of esters is 1. The zero-order chi connectivity index (χ0) is 9.84. The predicted octanol–water partition coefficient (Wildman–Crippen LogP) is 2.34. The smallest absolute Gasteiger partial charge is 0.337 e. The molecule has 1 rings (SSSR count). The van der Waals surface area contributed by atoms with E-state index in [4.69, 9.17) is 4.74 Å². The van der Waals surface area contributed by atoms with Crippen LogP contribution in [-0.4, -0.2) is 22.4 Å². The normalized spacial score (nSPS) is 9.77. The number of benzene rings is 1. The topological polar surface area (TPSA) is 26.3 Å². The van der Waals surface area contributed by atoms with Crippen molar-refractivity contribution in [1.82, 2.24) is 0 Å². The molecule has 0 saturated carbocycles. The highest BCUT2D eigenvalue weighted by atomic mass is 127. The summed E-state index contributed by atoms with van der Waals surface area (Å²) in [5.74, 6) is -0.325. The number of ether oxygens (including phenoxy) is 1. The Kier molecular flexibility index (Phi) is 4.40. The van der Waals surface area contributed by atoms with Crippen molar-refractivity contribution in [3.8, 4) is 0 Å². The van der Waals surface area contributed by atoms with Crippen LogP contribution in [0.3, 0.4) is 0 Å². The lowest BCUT2D eigenvalue weighted by Gasteiger charge is -2.02. The summed E-state index contributed by atoms with van der Waals surface area (Å²) in [6.07, 6.45) is 0.210. The summed E-state index contributed by atoms with van der Waals surface area (Å²) >= 11 is 5.45. The lowest BCUT2D eigenvalue weighted by Crippen LogP contribution is -2.06. The zero-order valence-electron chi connectivity index (χ0n) is 6.51. The molecular formula is C8H5BrIO2Si. The molecule has 0 bridgehead atoms. The molecule has 2 nitrogen and oxygen atoms in total. The second kappa shape index (κ2) is 5.11. The monoisotopic (exact) mass is 367 g/mol. The molecule has 0 unspecified atom stereocenters. The third-order valence-corrected chi connectivity index (χ3v) is 2.53. The molecule has 0 aromatic heterocycles. The van der Waals surface area contributed by atoms with Crippen LogP contribution in [0.15, 0.2) is 22.7 Å². The minimum absolute atomic E-state index is 0.210. The fraction of sp³-hybridized carbons (Fsp3) is 0.125. The Balaban J connectivity index is 2.94. The van der Waals surface area contributed by atoms with E-state index in [0.29, 0.717) is 5.56 Å². The van der Waals surface area contributed by atoms with Gasteiger partial charge in [0.15, 0.2) is 0 Å². The van der Waals surface area contributed by atoms with E-state index in [1.54, 1.807) is 12.1 Å². The second-order valence-electron chi connectivity index (χ2n) is 2.23. The first kappa shape index (κ1) is 11.2. The lowest BCUT2D eigenvalue weighted by molar-refractivity contribution is 0.0573. The van der Waals surface area contributed by atoms with Gasteiger partial charge in [0.25, 0.3) is 0 Å². The average Bonchev–Trinajstić information content (AvgIpc) is 2.03. The second-order valence-corrected chi connectivity index (χ2v) is 4.68. The molecule has 0 saturated heterocycles. The van der Waals surface area contributed by atoms with Crippen LogP contribution in [0.2, 0.25) is 0 Å². The number of rotatable bonds is 2. The first-order valence-corrected chi connectivity index (χ1v) is 5.99. The molecule has 0 heterocycles. The van der Waals surface area contributed by atoms with Crippen molar-refractivity contribution in [3.63, 3.8) is 0 Å².